The molecule has 1 aromatic rings. The number of anilines is 1. The van der Waals surface area contributed by atoms with Gasteiger partial charge in [0, 0.05) is 6.54 Å². The monoisotopic (exact) mass is 197 g/mol. The van der Waals surface area contributed by atoms with E-state index in [-0.39, 0.29) is 0 Å². The molecular formula is C9H15N3O2. The second-order valence-electron chi connectivity index (χ2n) is 2.69. The molecule has 0 aromatic carbocycles. The standard InChI is InChI=1S/C9H15N3O2/c1-4-5-10-8-7(13-2)9(14-3)12-6-11-8/h6H,4-5H2,1-3H3,(H,10,11,12). The van der Waals surface area contributed by atoms with Gasteiger partial charge in [-0.3, -0.25) is 0 Å². The van der Waals surface area contributed by atoms with Crippen LogP contribution in [0.3, 0.4) is 0 Å². The lowest BCUT2D eigenvalue weighted by molar-refractivity contribution is 0.342. The summed E-state index contributed by atoms with van der Waals surface area (Å²) in [5.74, 6) is 1.66. The van der Waals surface area contributed by atoms with E-state index in [9.17, 15) is 0 Å². The molecule has 0 aliphatic carbocycles. The maximum Gasteiger partial charge on any atom is 0.262 e. The number of nitrogens with zero attached hydrogens (tertiary/aromatic N) is 2. The zero-order valence-electron chi connectivity index (χ0n) is 8.70. The maximum atomic E-state index is 5.15. The summed E-state index contributed by atoms with van der Waals surface area (Å²) >= 11 is 0. The van der Waals surface area contributed by atoms with Gasteiger partial charge in [-0.25, -0.2) is 4.98 Å². The van der Waals surface area contributed by atoms with Crippen LogP contribution in [0.25, 0.3) is 0 Å². The van der Waals surface area contributed by atoms with Crippen molar-refractivity contribution in [3.8, 4) is 11.6 Å². The number of hydrogen-bond donors (Lipinski definition) is 1. The molecule has 5 nitrogen and oxygen atoms in total. The van der Waals surface area contributed by atoms with E-state index >= 15 is 0 Å². The van der Waals surface area contributed by atoms with E-state index in [0.29, 0.717) is 17.4 Å². The Bertz CT molecular complexity index is 291. The van der Waals surface area contributed by atoms with Crippen LogP contribution in [0, 0.1) is 0 Å². The smallest absolute Gasteiger partial charge is 0.262 e. The topological polar surface area (TPSA) is 56.3 Å². The summed E-state index contributed by atoms with van der Waals surface area (Å²) in [5.41, 5.74) is 0. The van der Waals surface area contributed by atoms with Gasteiger partial charge in [0.2, 0.25) is 5.75 Å². The average molecular weight is 197 g/mol. The maximum absolute atomic E-state index is 5.15. The van der Waals surface area contributed by atoms with Crippen molar-refractivity contribution in [2.45, 2.75) is 13.3 Å². The highest BCUT2D eigenvalue weighted by Crippen LogP contribution is 2.30. The number of hydrogen-bond acceptors (Lipinski definition) is 5. The molecule has 0 amide bonds. The van der Waals surface area contributed by atoms with Crippen LogP contribution in [0.4, 0.5) is 5.82 Å². The van der Waals surface area contributed by atoms with E-state index in [1.165, 1.54) is 6.33 Å². The van der Waals surface area contributed by atoms with Crippen LogP contribution in [-0.4, -0.2) is 30.7 Å². The second-order valence-corrected chi connectivity index (χ2v) is 2.69. The summed E-state index contributed by atoms with van der Waals surface area (Å²) in [4.78, 5) is 8.01. The lowest BCUT2D eigenvalue weighted by Gasteiger charge is -2.10. The summed E-state index contributed by atoms with van der Waals surface area (Å²) in [6.45, 7) is 2.93. The lowest BCUT2D eigenvalue weighted by Crippen LogP contribution is -2.05. The van der Waals surface area contributed by atoms with Crippen LogP contribution in [-0.2, 0) is 0 Å². The second kappa shape index (κ2) is 5.26. The van der Waals surface area contributed by atoms with Crippen molar-refractivity contribution < 1.29 is 9.47 Å². The van der Waals surface area contributed by atoms with Crippen LogP contribution in [0.1, 0.15) is 13.3 Å². The van der Waals surface area contributed by atoms with Crippen LogP contribution >= 0.6 is 0 Å². The number of ether oxygens (including phenoxy) is 2. The largest absolute Gasteiger partial charge is 0.489 e. The molecule has 78 valence electrons. The van der Waals surface area contributed by atoms with Crippen molar-refractivity contribution in [3.05, 3.63) is 6.33 Å². The molecule has 0 spiro atoms. The Morgan fingerprint density at radius 2 is 2.07 bits per heavy atom. The normalized spacial score (nSPS) is 9.64. The van der Waals surface area contributed by atoms with Gasteiger partial charge < -0.3 is 14.8 Å². The van der Waals surface area contributed by atoms with Crippen molar-refractivity contribution in [2.24, 2.45) is 0 Å². The first kappa shape index (κ1) is 10.6. The van der Waals surface area contributed by atoms with Crippen LogP contribution < -0.4 is 14.8 Å². The van der Waals surface area contributed by atoms with Crippen LogP contribution in [0.5, 0.6) is 11.6 Å². The third-order valence-electron chi connectivity index (χ3n) is 1.71. The highest BCUT2D eigenvalue weighted by molar-refractivity contribution is 5.54. The van der Waals surface area contributed by atoms with Crippen LogP contribution in [0.2, 0.25) is 0 Å². The predicted octanol–water partition coefficient (Wildman–Crippen LogP) is 1.32. The number of methoxy groups -OCH3 is 2. The molecule has 0 atom stereocenters. The van der Waals surface area contributed by atoms with Crippen LogP contribution in [0.15, 0.2) is 6.33 Å². The fraction of sp³-hybridized carbons (Fsp3) is 0.556. The van der Waals surface area contributed by atoms with Gasteiger partial charge in [-0.2, -0.15) is 4.98 Å². The first-order chi connectivity index (χ1) is 6.83. The molecule has 1 aromatic heterocycles. The zero-order valence-corrected chi connectivity index (χ0v) is 8.70. The molecule has 0 saturated carbocycles. The summed E-state index contributed by atoms with van der Waals surface area (Å²) in [6, 6.07) is 0. The van der Waals surface area contributed by atoms with E-state index in [1.54, 1.807) is 14.2 Å². The van der Waals surface area contributed by atoms with Gasteiger partial charge in [-0.05, 0) is 6.42 Å². The third-order valence-corrected chi connectivity index (χ3v) is 1.71. The SMILES string of the molecule is CCCNc1ncnc(OC)c1OC. The number of rotatable bonds is 5. The van der Waals surface area contributed by atoms with Gasteiger partial charge in [-0.15, -0.1) is 0 Å². The van der Waals surface area contributed by atoms with E-state index in [4.69, 9.17) is 9.47 Å². The van der Waals surface area contributed by atoms with Crippen molar-refractivity contribution >= 4 is 5.82 Å². The molecule has 0 fully saturated rings. The fourth-order valence-electron chi connectivity index (χ4n) is 1.06. The third kappa shape index (κ3) is 2.25. The molecule has 0 aliphatic rings. The molecule has 0 saturated heterocycles. The number of aromatic nitrogens is 2. The highest BCUT2D eigenvalue weighted by atomic mass is 16.5. The Kier molecular flexibility index (Phi) is 3.97. The zero-order chi connectivity index (χ0) is 10.4. The first-order valence-electron chi connectivity index (χ1n) is 4.50. The molecule has 0 aliphatic heterocycles. The summed E-state index contributed by atoms with van der Waals surface area (Å²) < 4.78 is 10.2. The minimum atomic E-state index is 0.445. The molecular weight excluding hydrogens is 182 g/mol. The summed E-state index contributed by atoms with van der Waals surface area (Å²) in [7, 11) is 3.12. The molecule has 1 rings (SSSR count). The van der Waals surface area contributed by atoms with E-state index in [2.05, 4.69) is 22.2 Å². The van der Waals surface area contributed by atoms with Gasteiger partial charge in [0.1, 0.15) is 6.33 Å². The summed E-state index contributed by atoms with van der Waals surface area (Å²) in [5, 5.41) is 3.13. The Hall–Kier alpha value is -1.52. The minimum absolute atomic E-state index is 0.445. The van der Waals surface area contributed by atoms with E-state index in [0.717, 1.165) is 13.0 Å². The highest BCUT2D eigenvalue weighted by Gasteiger charge is 2.11. The van der Waals surface area contributed by atoms with E-state index < -0.39 is 0 Å². The molecule has 0 unspecified atom stereocenters. The summed E-state index contributed by atoms with van der Waals surface area (Å²) in [6.07, 6.45) is 2.47. The van der Waals surface area contributed by atoms with Crippen molar-refractivity contribution in [1.29, 1.82) is 0 Å². The molecule has 1 heterocycles. The first-order valence-corrected chi connectivity index (χ1v) is 4.50. The fourth-order valence-corrected chi connectivity index (χ4v) is 1.06. The average Bonchev–Trinajstić information content (AvgIpc) is 2.25. The molecule has 5 heteroatoms. The Balaban J connectivity index is 2.90. The Labute approximate surface area is 83.5 Å². The lowest BCUT2D eigenvalue weighted by atomic mass is 10.4. The molecule has 14 heavy (non-hydrogen) atoms. The van der Waals surface area contributed by atoms with Crippen molar-refractivity contribution in [3.63, 3.8) is 0 Å². The van der Waals surface area contributed by atoms with Gasteiger partial charge in [0.25, 0.3) is 5.88 Å². The van der Waals surface area contributed by atoms with E-state index in [1.807, 2.05) is 0 Å². The number of nitrogens with one attached hydrogen (secondary N) is 1. The minimum Gasteiger partial charge on any atom is -0.489 e. The predicted molar refractivity (Wildman–Crippen MR) is 53.9 cm³/mol. The van der Waals surface area contributed by atoms with Crippen molar-refractivity contribution in [1.82, 2.24) is 9.97 Å². The molecule has 0 bridgehead atoms. The van der Waals surface area contributed by atoms with Gasteiger partial charge in [0.15, 0.2) is 5.82 Å². The molecule has 0 radical (unpaired) electrons. The Morgan fingerprint density at radius 3 is 2.64 bits per heavy atom. The van der Waals surface area contributed by atoms with Gasteiger partial charge in [0.05, 0.1) is 14.2 Å². The quantitative estimate of drug-likeness (QED) is 0.771. The van der Waals surface area contributed by atoms with Gasteiger partial charge >= 0.3 is 0 Å². The van der Waals surface area contributed by atoms with Gasteiger partial charge in [-0.1, -0.05) is 6.92 Å². The molecule has 1 N–H and O–H groups in total. The van der Waals surface area contributed by atoms with Crippen molar-refractivity contribution in [2.75, 3.05) is 26.1 Å². The Morgan fingerprint density at radius 1 is 1.29 bits per heavy atom.